The first-order valence-electron chi connectivity index (χ1n) is 23.6. The van der Waals surface area contributed by atoms with E-state index in [1.54, 1.807) is 0 Å². The number of hydrogen-bond donors (Lipinski definition) is 3. The molecule has 2 saturated heterocycles. The van der Waals surface area contributed by atoms with Gasteiger partial charge in [0, 0.05) is 49.7 Å². The van der Waals surface area contributed by atoms with E-state index in [4.69, 9.17) is 84.5 Å². The molecule has 0 saturated carbocycles. The molecule has 1 spiro atoms. The largest absolute Gasteiger partial charge is 0.496 e. The van der Waals surface area contributed by atoms with E-state index < -0.39 is 0 Å². The molecule has 5 aromatic carbocycles. The number of nitrogens with zero attached hydrogens (tertiary/aromatic N) is 5. The third kappa shape index (κ3) is 12.7. The summed E-state index contributed by atoms with van der Waals surface area (Å²) in [7, 11) is -0.382. The van der Waals surface area contributed by atoms with Gasteiger partial charge in [0.2, 0.25) is 0 Å². The molecule has 18 heteroatoms. The summed E-state index contributed by atoms with van der Waals surface area (Å²) in [5.74, 6) is 1.49. The fraction of sp³-hybridized carbons (Fsp3) is 0.309. The molecule has 0 radical (unpaired) electrons. The molecule has 2 fully saturated rings. The van der Waals surface area contributed by atoms with Crippen LogP contribution in [0.15, 0.2) is 112 Å². The Labute approximate surface area is 471 Å². The summed E-state index contributed by atoms with van der Waals surface area (Å²) in [6.45, 7) is 17.8. The number of aromatic nitrogens is 4. The van der Waals surface area contributed by atoms with E-state index in [-0.39, 0.29) is 40.7 Å². The van der Waals surface area contributed by atoms with E-state index in [0.29, 0.717) is 27.3 Å². The van der Waals surface area contributed by atoms with Crippen molar-refractivity contribution in [3.63, 3.8) is 0 Å². The van der Waals surface area contributed by atoms with Gasteiger partial charge in [-0.3, -0.25) is 0 Å². The monoisotopic (exact) mass is 1210 g/mol. The maximum Gasteiger partial charge on any atom is 0.496 e. The Morgan fingerprint density at radius 2 is 1.12 bits per heavy atom. The second-order valence-corrected chi connectivity index (χ2v) is 23.2. The lowest BCUT2D eigenvalue weighted by atomic mass is 9.73. The second kappa shape index (κ2) is 23.5. The molecule has 382 valence electrons. The second-order valence-electron chi connectivity index (χ2n) is 19.5. The van der Waals surface area contributed by atoms with E-state index in [1.165, 1.54) is 17.3 Å². The number of rotatable bonds is 4. The van der Waals surface area contributed by atoms with E-state index in [2.05, 4.69) is 74.9 Å². The molecule has 6 N–H and O–H groups in total. The molecule has 73 heavy (non-hydrogen) atoms. The zero-order valence-corrected chi connectivity index (χ0v) is 48.9. The van der Waals surface area contributed by atoms with Crippen LogP contribution in [0.5, 0.6) is 0 Å². The van der Waals surface area contributed by atoms with Gasteiger partial charge in [-0.25, -0.2) is 19.9 Å². The topological polar surface area (TPSA) is 151 Å². The number of nitrogen functional groups attached to an aromatic ring is 2. The minimum atomic E-state index is -0.382. The van der Waals surface area contributed by atoms with E-state index in [0.717, 1.165) is 96.0 Å². The molecular weight excluding hydrogens is 1150 g/mol. The number of halogens is 7. The van der Waals surface area contributed by atoms with Crippen LogP contribution in [0.1, 0.15) is 80.0 Å². The van der Waals surface area contributed by atoms with Crippen molar-refractivity contribution in [1.82, 2.24) is 19.9 Å². The highest BCUT2D eigenvalue weighted by Gasteiger charge is 2.52. The minimum absolute atomic E-state index is 0.0733. The van der Waals surface area contributed by atoms with E-state index in [9.17, 15) is 0 Å². The highest BCUT2D eigenvalue weighted by Crippen LogP contribution is 2.51. The highest BCUT2D eigenvalue weighted by atomic mass is 79.9. The van der Waals surface area contributed by atoms with Gasteiger partial charge in [-0.05, 0) is 148 Å². The molecule has 4 heterocycles. The fourth-order valence-corrected chi connectivity index (χ4v) is 10.7. The van der Waals surface area contributed by atoms with Crippen molar-refractivity contribution in [3.05, 3.63) is 171 Å². The van der Waals surface area contributed by atoms with Gasteiger partial charge < -0.3 is 31.4 Å². The number of hydrogen-bond acceptors (Lipinski definition) is 10. The van der Waals surface area contributed by atoms with Crippen LogP contribution in [0.25, 0.3) is 22.5 Å². The molecule has 1 atom stereocenters. The van der Waals surface area contributed by atoms with Crippen molar-refractivity contribution in [3.8, 4) is 22.5 Å². The first-order chi connectivity index (χ1) is 34.4. The van der Waals surface area contributed by atoms with E-state index >= 15 is 0 Å². The first-order valence-corrected chi connectivity index (χ1v) is 27.1. The van der Waals surface area contributed by atoms with Gasteiger partial charge in [-0.2, -0.15) is 0 Å². The number of anilines is 3. The summed E-state index contributed by atoms with van der Waals surface area (Å²) in [6.07, 6.45) is 6.35. The summed E-state index contributed by atoms with van der Waals surface area (Å²) in [5.41, 5.74) is 28.7. The predicted molar refractivity (Wildman–Crippen MR) is 313 cm³/mol. The predicted octanol–water partition coefficient (Wildman–Crippen LogP) is 15.0. The standard InChI is InChI=1S/C24H25BrClN5.C13H18BClO2.C11H9Cl2N3.C7H6BrCl/c1-14-3-2-4-17(20(14)26)21-23(28)30-19(13-29-21)31-9-7-24(8-10-31)12-15-5-6-16(25)11-18(15)22(24)27;1-9-7-6-8-10(11(9)15)14-16-12(2,3)13(4,5)17-14;1-6-3-2-4-7(9(6)13)10-11(14)16-8(12)5-15-10;1-5-3-2-4-6(8)7(5)9/h2-6,11,13,22H,7-10,12,27H2,1H3,(H2,28,30);6-8H,1-5H3;2-5H,1H3,(H2,14,16);2-4H,1H3/t22-;;;/m1.../s1. The van der Waals surface area contributed by atoms with Gasteiger partial charge in [-0.1, -0.05) is 147 Å². The van der Waals surface area contributed by atoms with Crippen molar-refractivity contribution in [1.29, 1.82) is 0 Å². The number of piperidine rings is 1. The maximum atomic E-state index is 6.74. The van der Waals surface area contributed by atoms with Crippen LogP contribution in [-0.4, -0.2) is 51.3 Å². The molecule has 1 aliphatic carbocycles. The third-order valence-electron chi connectivity index (χ3n) is 14.1. The molecule has 0 bridgehead atoms. The Kier molecular flexibility index (Phi) is 18.3. The maximum absolute atomic E-state index is 6.74. The van der Waals surface area contributed by atoms with Gasteiger partial charge in [0.05, 0.1) is 38.7 Å². The van der Waals surface area contributed by atoms with Crippen LogP contribution in [0.3, 0.4) is 0 Å². The zero-order valence-electron chi connectivity index (χ0n) is 41.9. The number of aryl methyl sites for hydroxylation is 4. The average molecular weight is 1210 g/mol. The lowest BCUT2D eigenvalue weighted by molar-refractivity contribution is 0.00578. The molecule has 7 aromatic rings. The molecular formula is C55H58BBr2Cl5N8O2. The molecule has 10 rings (SSSR count). The van der Waals surface area contributed by atoms with Crippen molar-refractivity contribution >= 4 is 120 Å². The SMILES string of the molecule is Cc1cccc(-c2ncc(Cl)nc2N)c1Cl.Cc1cccc(-c2ncc(N3CCC4(CC3)Cc3ccc(Br)cc3[C@H]4N)nc2N)c1Cl.Cc1cccc(B2OC(C)(C)C(C)(C)O2)c1Cl.Cc1cccc(Br)c1Cl. The number of nitrogens with two attached hydrogens (primary N) is 3. The molecule has 0 amide bonds. The minimum Gasteiger partial charge on any atom is -0.399 e. The molecule has 3 aliphatic rings. The Morgan fingerprint density at radius 3 is 1.64 bits per heavy atom. The van der Waals surface area contributed by atoms with Gasteiger partial charge in [0.15, 0.2) is 11.6 Å². The Hall–Kier alpha value is -3.99. The van der Waals surface area contributed by atoms with Crippen LogP contribution in [-0.2, 0) is 15.7 Å². The van der Waals surface area contributed by atoms with Crippen LogP contribution in [0.2, 0.25) is 25.2 Å². The molecule has 2 aliphatic heterocycles. The fourth-order valence-electron chi connectivity index (χ4n) is 8.94. The quantitative estimate of drug-likeness (QED) is 0.145. The Balaban J connectivity index is 0.000000157. The van der Waals surface area contributed by atoms with Gasteiger partial charge in [-0.15, -0.1) is 0 Å². The molecule has 0 unspecified atom stereocenters. The summed E-state index contributed by atoms with van der Waals surface area (Å²) < 4.78 is 14.0. The highest BCUT2D eigenvalue weighted by molar-refractivity contribution is 9.10. The van der Waals surface area contributed by atoms with Crippen molar-refractivity contribution in [2.75, 3.05) is 29.5 Å². The van der Waals surface area contributed by atoms with Crippen molar-refractivity contribution < 1.29 is 9.31 Å². The first kappa shape index (κ1) is 56.7. The summed E-state index contributed by atoms with van der Waals surface area (Å²) in [6, 6.07) is 29.9. The summed E-state index contributed by atoms with van der Waals surface area (Å²) in [4.78, 5) is 19.7. The van der Waals surface area contributed by atoms with Gasteiger partial charge in [0.25, 0.3) is 0 Å². The summed E-state index contributed by atoms with van der Waals surface area (Å²) >= 11 is 37.4. The van der Waals surface area contributed by atoms with E-state index in [1.807, 2.05) is 134 Å². The smallest absolute Gasteiger partial charge is 0.399 e. The van der Waals surface area contributed by atoms with Gasteiger partial charge >= 0.3 is 7.12 Å². The third-order valence-corrected chi connectivity index (χ3v) is 17.6. The average Bonchev–Trinajstić information content (AvgIpc) is 3.73. The van der Waals surface area contributed by atoms with Crippen molar-refractivity contribution in [2.24, 2.45) is 11.1 Å². The lowest BCUT2D eigenvalue weighted by Gasteiger charge is -2.42. The van der Waals surface area contributed by atoms with Crippen LogP contribution in [0.4, 0.5) is 17.5 Å². The van der Waals surface area contributed by atoms with Crippen LogP contribution < -0.4 is 27.6 Å². The normalized spacial score (nSPS) is 16.9. The van der Waals surface area contributed by atoms with Crippen LogP contribution in [0, 0.1) is 33.1 Å². The zero-order chi connectivity index (χ0) is 53.2. The summed E-state index contributed by atoms with van der Waals surface area (Å²) in [5, 5.41) is 3.09. The lowest BCUT2D eigenvalue weighted by Crippen LogP contribution is -2.44. The van der Waals surface area contributed by atoms with Gasteiger partial charge in [0.1, 0.15) is 22.4 Å². The van der Waals surface area contributed by atoms with Crippen molar-refractivity contribution in [2.45, 2.75) is 91.9 Å². The number of benzene rings is 5. The Morgan fingerprint density at radius 1 is 0.630 bits per heavy atom. The molecule has 10 nitrogen and oxygen atoms in total. The van der Waals surface area contributed by atoms with Crippen LogP contribution >= 0.6 is 89.9 Å². The molecule has 2 aromatic heterocycles. The number of fused-ring (bicyclic) bond motifs is 1. The Bertz CT molecular complexity index is 3100.